The van der Waals surface area contributed by atoms with Gasteiger partial charge in [0.1, 0.15) is 5.75 Å². The molecule has 2 rings (SSSR count). The van der Waals surface area contributed by atoms with Crippen LogP contribution in [0, 0.1) is 5.82 Å². The molecule has 0 aliphatic carbocycles. The van der Waals surface area contributed by atoms with E-state index in [4.69, 9.17) is 9.47 Å². The Bertz CT molecular complexity index is 674. The van der Waals surface area contributed by atoms with Gasteiger partial charge in [0.25, 0.3) is 5.91 Å². The molecule has 0 radical (unpaired) electrons. The number of ether oxygens (including phenoxy) is 2. The highest BCUT2D eigenvalue weighted by Crippen LogP contribution is 2.19. The predicted octanol–water partition coefficient (Wildman–Crippen LogP) is 3.70. The number of para-hydroxylation sites is 1. The second-order valence-corrected chi connectivity index (χ2v) is 5.72. The predicted molar refractivity (Wildman–Crippen MR) is 90.5 cm³/mol. The second kappa shape index (κ2) is 8.34. The zero-order chi connectivity index (χ0) is 17.5. The summed E-state index contributed by atoms with van der Waals surface area (Å²) < 4.78 is 24.8. The molecular weight excluding hydrogens is 309 g/mol. The van der Waals surface area contributed by atoms with E-state index in [1.165, 1.54) is 6.07 Å². The quantitative estimate of drug-likeness (QED) is 0.841. The van der Waals surface area contributed by atoms with Crippen molar-refractivity contribution >= 4 is 5.91 Å². The molecule has 1 N–H and O–H groups in total. The molecule has 0 aliphatic rings. The molecule has 0 saturated carbocycles. The number of rotatable bonds is 7. The maximum Gasteiger partial charge on any atom is 0.261 e. The smallest absolute Gasteiger partial charge is 0.261 e. The molecular formula is C19H22FNO3. The number of hydrogen-bond donors (Lipinski definition) is 1. The van der Waals surface area contributed by atoms with E-state index in [2.05, 4.69) is 5.32 Å². The van der Waals surface area contributed by atoms with Crippen LogP contribution in [0.3, 0.4) is 0 Å². The van der Waals surface area contributed by atoms with Gasteiger partial charge in [0.05, 0.1) is 6.10 Å². The molecule has 1 unspecified atom stereocenters. The Kier molecular flexibility index (Phi) is 6.18. The third kappa shape index (κ3) is 5.26. The highest BCUT2D eigenvalue weighted by molar-refractivity contribution is 5.80. The molecule has 2 aromatic rings. The van der Waals surface area contributed by atoms with Crippen LogP contribution in [0.2, 0.25) is 0 Å². The van der Waals surface area contributed by atoms with E-state index in [1.54, 1.807) is 31.2 Å². The van der Waals surface area contributed by atoms with Gasteiger partial charge in [0, 0.05) is 6.54 Å². The minimum atomic E-state index is -0.638. The molecule has 128 valence electrons. The number of carbonyl (C=O) groups is 1. The number of carbonyl (C=O) groups excluding carboxylic acids is 1. The summed E-state index contributed by atoms with van der Waals surface area (Å²) in [7, 11) is 0. The monoisotopic (exact) mass is 331 g/mol. The van der Waals surface area contributed by atoms with Crippen LogP contribution in [-0.4, -0.2) is 18.1 Å². The first kappa shape index (κ1) is 17.8. The van der Waals surface area contributed by atoms with Gasteiger partial charge < -0.3 is 14.8 Å². The van der Waals surface area contributed by atoms with Gasteiger partial charge in [-0.3, -0.25) is 4.79 Å². The van der Waals surface area contributed by atoms with Gasteiger partial charge in [-0.25, -0.2) is 4.39 Å². The fraction of sp³-hybridized carbons (Fsp3) is 0.316. The zero-order valence-corrected chi connectivity index (χ0v) is 14.1. The van der Waals surface area contributed by atoms with Crippen LogP contribution >= 0.6 is 0 Å². The zero-order valence-electron chi connectivity index (χ0n) is 14.1. The van der Waals surface area contributed by atoms with E-state index in [9.17, 15) is 9.18 Å². The van der Waals surface area contributed by atoms with E-state index in [1.807, 2.05) is 32.0 Å². The summed E-state index contributed by atoms with van der Waals surface area (Å²) in [5.41, 5.74) is 0.656. The van der Waals surface area contributed by atoms with Crippen LogP contribution in [0.5, 0.6) is 11.5 Å². The summed E-state index contributed by atoms with van der Waals surface area (Å²) in [5, 5.41) is 2.74. The van der Waals surface area contributed by atoms with E-state index in [0.29, 0.717) is 11.3 Å². The summed E-state index contributed by atoms with van der Waals surface area (Å²) in [4.78, 5) is 12.1. The fourth-order valence-electron chi connectivity index (χ4n) is 2.09. The normalized spacial score (nSPS) is 11.9. The first-order valence-corrected chi connectivity index (χ1v) is 7.90. The number of nitrogens with one attached hydrogen (secondary N) is 1. The maximum atomic E-state index is 13.9. The standard InChI is InChI=1S/C19H22FNO3/c1-13(2)23-18-10-9-15(11-17(18)20)12-21-19(22)14(3)24-16-7-5-4-6-8-16/h4-11,13-14H,12H2,1-3H3,(H,21,22). The Hall–Kier alpha value is -2.56. The molecule has 0 bridgehead atoms. The molecule has 0 spiro atoms. The minimum Gasteiger partial charge on any atom is -0.488 e. The molecule has 0 aromatic heterocycles. The van der Waals surface area contributed by atoms with Crippen molar-refractivity contribution in [3.8, 4) is 11.5 Å². The van der Waals surface area contributed by atoms with Crippen LogP contribution in [-0.2, 0) is 11.3 Å². The SMILES string of the molecule is CC(C)Oc1ccc(CNC(=O)C(C)Oc2ccccc2)cc1F. The second-order valence-electron chi connectivity index (χ2n) is 5.72. The van der Waals surface area contributed by atoms with Crippen molar-refractivity contribution in [1.82, 2.24) is 5.32 Å². The number of amides is 1. The first-order chi connectivity index (χ1) is 11.5. The molecule has 0 fully saturated rings. The summed E-state index contributed by atoms with van der Waals surface area (Å²) in [5.74, 6) is 0.132. The van der Waals surface area contributed by atoms with E-state index in [0.717, 1.165) is 0 Å². The van der Waals surface area contributed by atoms with Gasteiger partial charge in [-0.1, -0.05) is 24.3 Å². The first-order valence-electron chi connectivity index (χ1n) is 7.90. The van der Waals surface area contributed by atoms with Crippen molar-refractivity contribution in [1.29, 1.82) is 0 Å². The van der Waals surface area contributed by atoms with Crippen LogP contribution in [0.1, 0.15) is 26.3 Å². The van der Waals surface area contributed by atoms with Gasteiger partial charge in [0.2, 0.25) is 0 Å². The summed E-state index contributed by atoms with van der Waals surface area (Å²) in [6, 6.07) is 13.8. The van der Waals surface area contributed by atoms with Gasteiger partial charge in [-0.05, 0) is 50.6 Å². The summed E-state index contributed by atoms with van der Waals surface area (Å²) in [6.45, 7) is 5.56. The van der Waals surface area contributed by atoms with E-state index < -0.39 is 11.9 Å². The minimum absolute atomic E-state index is 0.0963. The van der Waals surface area contributed by atoms with E-state index in [-0.39, 0.29) is 24.3 Å². The molecule has 0 aliphatic heterocycles. The summed E-state index contributed by atoms with van der Waals surface area (Å²) >= 11 is 0. The molecule has 0 saturated heterocycles. The lowest BCUT2D eigenvalue weighted by atomic mass is 10.2. The number of benzene rings is 2. The Morgan fingerprint density at radius 3 is 2.42 bits per heavy atom. The summed E-state index contributed by atoms with van der Waals surface area (Å²) in [6.07, 6.45) is -0.734. The third-order valence-corrected chi connectivity index (χ3v) is 3.25. The van der Waals surface area contributed by atoms with Crippen molar-refractivity contribution in [2.75, 3.05) is 0 Å². The van der Waals surface area contributed by atoms with Gasteiger partial charge >= 0.3 is 0 Å². The van der Waals surface area contributed by atoms with Gasteiger partial charge in [0.15, 0.2) is 17.7 Å². The Morgan fingerprint density at radius 1 is 1.08 bits per heavy atom. The average Bonchev–Trinajstić information content (AvgIpc) is 2.55. The van der Waals surface area contributed by atoms with Crippen molar-refractivity contribution in [2.45, 2.75) is 39.5 Å². The molecule has 2 aromatic carbocycles. The number of halogens is 1. The number of hydrogen-bond acceptors (Lipinski definition) is 3. The fourth-order valence-corrected chi connectivity index (χ4v) is 2.09. The molecule has 1 atom stereocenters. The van der Waals surface area contributed by atoms with Crippen molar-refractivity contribution in [2.24, 2.45) is 0 Å². The van der Waals surface area contributed by atoms with E-state index >= 15 is 0 Å². The molecule has 24 heavy (non-hydrogen) atoms. The topological polar surface area (TPSA) is 47.6 Å². The van der Waals surface area contributed by atoms with Crippen LogP contribution in [0.15, 0.2) is 48.5 Å². The third-order valence-electron chi connectivity index (χ3n) is 3.25. The average molecular weight is 331 g/mol. The Labute approximate surface area is 141 Å². The molecule has 4 nitrogen and oxygen atoms in total. The van der Waals surface area contributed by atoms with Crippen LogP contribution < -0.4 is 14.8 Å². The highest BCUT2D eigenvalue weighted by Gasteiger charge is 2.14. The lowest BCUT2D eigenvalue weighted by Crippen LogP contribution is -2.35. The molecule has 5 heteroatoms. The lowest BCUT2D eigenvalue weighted by molar-refractivity contribution is -0.127. The maximum absolute atomic E-state index is 13.9. The van der Waals surface area contributed by atoms with Crippen molar-refractivity contribution in [3.63, 3.8) is 0 Å². The van der Waals surface area contributed by atoms with Crippen molar-refractivity contribution < 1.29 is 18.7 Å². The lowest BCUT2D eigenvalue weighted by Gasteiger charge is -2.15. The molecule has 0 heterocycles. The van der Waals surface area contributed by atoms with Gasteiger partial charge in [-0.2, -0.15) is 0 Å². The Balaban J connectivity index is 1.88. The van der Waals surface area contributed by atoms with Crippen LogP contribution in [0.4, 0.5) is 4.39 Å². The van der Waals surface area contributed by atoms with Gasteiger partial charge in [-0.15, -0.1) is 0 Å². The van der Waals surface area contributed by atoms with Crippen molar-refractivity contribution in [3.05, 3.63) is 59.9 Å². The highest BCUT2D eigenvalue weighted by atomic mass is 19.1. The Morgan fingerprint density at radius 2 is 1.79 bits per heavy atom. The largest absolute Gasteiger partial charge is 0.488 e. The van der Waals surface area contributed by atoms with Crippen LogP contribution in [0.25, 0.3) is 0 Å². The molecule has 1 amide bonds.